The highest BCUT2D eigenvalue weighted by Crippen LogP contribution is 2.29. The topological polar surface area (TPSA) is 20.3 Å². The number of hydrogen-bond acceptors (Lipinski definition) is 1. The van der Waals surface area contributed by atoms with Crippen molar-refractivity contribution in [2.45, 2.75) is 40.5 Å². The lowest BCUT2D eigenvalue weighted by Crippen LogP contribution is -2.55. The average Bonchev–Trinajstić information content (AvgIpc) is 1.95. The van der Waals surface area contributed by atoms with Crippen LogP contribution in [0.4, 0.5) is 0 Å². The summed E-state index contributed by atoms with van der Waals surface area (Å²) in [5, 5.41) is 0. The number of amides is 1. The molecule has 0 aromatic rings. The fourth-order valence-electron chi connectivity index (χ4n) is 1.73. The van der Waals surface area contributed by atoms with Crippen LogP contribution in [0.25, 0.3) is 0 Å². The zero-order valence-electron chi connectivity index (χ0n) is 9.26. The first-order valence-corrected chi connectivity index (χ1v) is 5.18. The molecule has 13 heavy (non-hydrogen) atoms. The highest BCUT2D eigenvalue weighted by molar-refractivity contribution is 5.77. The third-order valence-corrected chi connectivity index (χ3v) is 2.53. The Kier molecular flexibility index (Phi) is 2.99. The SMILES string of the molecule is CC(C)CCC(=O)N1CC(C)(C)C1. The summed E-state index contributed by atoms with van der Waals surface area (Å²) in [6, 6.07) is 0. The van der Waals surface area contributed by atoms with Crippen molar-refractivity contribution < 1.29 is 4.79 Å². The lowest BCUT2D eigenvalue weighted by molar-refractivity contribution is -0.141. The Morgan fingerprint density at radius 3 is 2.31 bits per heavy atom. The maximum Gasteiger partial charge on any atom is 0.222 e. The minimum absolute atomic E-state index is 0.341. The Balaban J connectivity index is 2.20. The monoisotopic (exact) mass is 183 g/mol. The zero-order valence-corrected chi connectivity index (χ0v) is 9.26. The molecule has 0 atom stereocenters. The second kappa shape index (κ2) is 3.69. The van der Waals surface area contributed by atoms with Crippen LogP contribution in [0.1, 0.15) is 40.5 Å². The molecule has 0 aliphatic carbocycles. The van der Waals surface area contributed by atoms with Crippen molar-refractivity contribution in [1.82, 2.24) is 4.90 Å². The molecule has 0 aromatic carbocycles. The Morgan fingerprint density at radius 1 is 1.38 bits per heavy atom. The Labute approximate surface area is 81.3 Å². The van der Waals surface area contributed by atoms with Gasteiger partial charge in [0.2, 0.25) is 5.91 Å². The van der Waals surface area contributed by atoms with Gasteiger partial charge in [0.15, 0.2) is 0 Å². The van der Waals surface area contributed by atoms with Gasteiger partial charge in [-0.2, -0.15) is 0 Å². The molecule has 1 aliphatic rings. The van der Waals surface area contributed by atoms with Crippen LogP contribution < -0.4 is 0 Å². The van der Waals surface area contributed by atoms with E-state index in [1.807, 2.05) is 4.90 Å². The van der Waals surface area contributed by atoms with E-state index < -0.39 is 0 Å². The van der Waals surface area contributed by atoms with Crippen molar-refractivity contribution in [3.8, 4) is 0 Å². The van der Waals surface area contributed by atoms with Crippen molar-refractivity contribution in [3.63, 3.8) is 0 Å². The fraction of sp³-hybridized carbons (Fsp3) is 0.909. The lowest BCUT2D eigenvalue weighted by atomic mass is 9.84. The van der Waals surface area contributed by atoms with Gasteiger partial charge in [0.05, 0.1) is 0 Å². The van der Waals surface area contributed by atoms with Gasteiger partial charge >= 0.3 is 0 Å². The van der Waals surface area contributed by atoms with E-state index in [4.69, 9.17) is 0 Å². The quantitative estimate of drug-likeness (QED) is 0.657. The van der Waals surface area contributed by atoms with E-state index in [1.165, 1.54) is 0 Å². The van der Waals surface area contributed by atoms with Gasteiger partial charge in [0.1, 0.15) is 0 Å². The molecule has 0 N–H and O–H groups in total. The van der Waals surface area contributed by atoms with Gasteiger partial charge in [-0.1, -0.05) is 27.7 Å². The molecule has 1 fully saturated rings. The summed E-state index contributed by atoms with van der Waals surface area (Å²) in [4.78, 5) is 13.5. The standard InChI is InChI=1S/C11H21NO/c1-9(2)5-6-10(13)12-7-11(3,4)8-12/h9H,5-8H2,1-4H3. The van der Waals surface area contributed by atoms with Gasteiger partial charge in [-0.05, 0) is 17.8 Å². The third kappa shape index (κ3) is 3.02. The van der Waals surface area contributed by atoms with Crippen LogP contribution in [-0.2, 0) is 4.79 Å². The van der Waals surface area contributed by atoms with Crippen LogP contribution in [0.5, 0.6) is 0 Å². The highest BCUT2D eigenvalue weighted by Gasteiger charge is 2.36. The van der Waals surface area contributed by atoms with E-state index in [0.717, 1.165) is 25.9 Å². The van der Waals surface area contributed by atoms with Crippen molar-refractivity contribution in [1.29, 1.82) is 0 Å². The summed E-state index contributed by atoms with van der Waals surface area (Å²) in [6.07, 6.45) is 1.75. The molecule has 0 aromatic heterocycles. The van der Waals surface area contributed by atoms with Gasteiger partial charge in [0.25, 0.3) is 0 Å². The molecule has 1 amide bonds. The average molecular weight is 183 g/mol. The van der Waals surface area contributed by atoms with Crippen LogP contribution in [-0.4, -0.2) is 23.9 Å². The molecule has 1 heterocycles. The summed E-state index contributed by atoms with van der Waals surface area (Å²) in [7, 11) is 0. The van der Waals surface area contributed by atoms with Crippen LogP contribution in [0.2, 0.25) is 0 Å². The molecule has 1 aliphatic heterocycles. The predicted molar refractivity (Wildman–Crippen MR) is 54.4 cm³/mol. The Hall–Kier alpha value is -0.530. The molecule has 0 bridgehead atoms. The van der Waals surface area contributed by atoms with E-state index in [1.54, 1.807) is 0 Å². The first-order chi connectivity index (χ1) is 5.91. The first kappa shape index (κ1) is 10.6. The normalized spacial score (nSPS) is 20.2. The maximum atomic E-state index is 11.5. The number of carbonyl (C=O) groups is 1. The van der Waals surface area contributed by atoms with Crippen molar-refractivity contribution in [3.05, 3.63) is 0 Å². The van der Waals surface area contributed by atoms with E-state index in [9.17, 15) is 4.79 Å². The van der Waals surface area contributed by atoms with E-state index in [-0.39, 0.29) is 0 Å². The van der Waals surface area contributed by atoms with E-state index in [0.29, 0.717) is 17.2 Å². The van der Waals surface area contributed by atoms with Gasteiger partial charge in [-0.3, -0.25) is 4.79 Å². The predicted octanol–water partition coefficient (Wildman–Crippen LogP) is 2.29. The fourth-order valence-corrected chi connectivity index (χ4v) is 1.73. The zero-order chi connectivity index (χ0) is 10.1. The maximum absolute atomic E-state index is 11.5. The molecule has 0 unspecified atom stereocenters. The van der Waals surface area contributed by atoms with Crippen LogP contribution in [0, 0.1) is 11.3 Å². The van der Waals surface area contributed by atoms with Crippen molar-refractivity contribution >= 4 is 5.91 Å². The van der Waals surface area contributed by atoms with Gasteiger partial charge in [-0.25, -0.2) is 0 Å². The molecule has 1 saturated heterocycles. The Bertz CT molecular complexity index is 188. The number of nitrogens with zero attached hydrogens (tertiary/aromatic N) is 1. The van der Waals surface area contributed by atoms with Gasteiger partial charge in [-0.15, -0.1) is 0 Å². The van der Waals surface area contributed by atoms with Gasteiger partial charge in [0, 0.05) is 19.5 Å². The molecular weight excluding hydrogens is 162 g/mol. The molecule has 2 nitrogen and oxygen atoms in total. The second-order valence-electron chi connectivity index (χ2n) is 5.35. The number of hydrogen-bond donors (Lipinski definition) is 0. The van der Waals surface area contributed by atoms with Crippen LogP contribution >= 0.6 is 0 Å². The van der Waals surface area contributed by atoms with Crippen LogP contribution in [0.3, 0.4) is 0 Å². The Morgan fingerprint density at radius 2 is 1.92 bits per heavy atom. The molecule has 2 heteroatoms. The minimum Gasteiger partial charge on any atom is -0.341 e. The minimum atomic E-state index is 0.341. The van der Waals surface area contributed by atoms with Crippen LogP contribution in [0.15, 0.2) is 0 Å². The summed E-state index contributed by atoms with van der Waals surface area (Å²) in [6.45, 7) is 10.6. The number of rotatable bonds is 3. The summed E-state index contributed by atoms with van der Waals surface area (Å²) >= 11 is 0. The van der Waals surface area contributed by atoms with E-state index >= 15 is 0 Å². The lowest BCUT2D eigenvalue weighted by Gasteiger charge is -2.46. The smallest absolute Gasteiger partial charge is 0.222 e. The largest absolute Gasteiger partial charge is 0.341 e. The number of carbonyl (C=O) groups excluding carboxylic acids is 1. The molecule has 1 rings (SSSR count). The molecule has 76 valence electrons. The molecule has 0 radical (unpaired) electrons. The molecule has 0 saturated carbocycles. The molecule has 0 spiro atoms. The summed E-state index contributed by atoms with van der Waals surface area (Å²) in [5.74, 6) is 0.978. The number of likely N-dealkylation sites (tertiary alicyclic amines) is 1. The third-order valence-electron chi connectivity index (χ3n) is 2.53. The molecular formula is C11H21NO. The summed E-state index contributed by atoms with van der Waals surface area (Å²) < 4.78 is 0. The summed E-state index contributed by atoms with van der Waals surface area (Å²) in [5.41, 5.74) is 0.369. The second-order valence-corrected chi connectivity index (χ2v) is 5.35. The first-order valence-electron chi connectivity index (χ1n) is 5.18. The van der Waals surface area contributed by atoms with Gasteiger partial charge < -0.3 is 4.90 Å². The highest BCUT2D eigenvalue weighted by atomic mass is 16.2. The van der Waals surface area contributed by atoms with Crippen molar-refractivity contribution in [2.75, 3.05) is 13.1 Å². The van der Waals surface area contributed by atoms with Crippen molar-refractivity contribution in [2.24, 2.45) is 11.3 Å². The van der Waals surface area contributed by atoms with E-state index in [2.05, 4.69) is 27.7 Å².